The van der Waals surface area contributed by atoms with E-state index in [1.807, 2.05) is 28.0 Å². The summed E-state index contributed by atoms with van der Waals surface area (Å²) in [4.78, 5) is 29.5. The number of benzene rings is 1. The Hall–Kier alpha value is -4.12. The number of anilines is 1. The fourth-order valence-electron chi connectivity index (χ4n) is 3.53. The van der Waals surface area contributed by atoms with Gasteiger partial charge in [-0.2, -0.15) is 45.3 Å². The Balaban J connectivity index is 1.66. The first-order chi connectivity index (χ1) is 20.5. The van der Waals surface area contributed by atoms with Crippen LogP contribution in [0.15, 0.2) is 36.5 Å². The minimum absolute atomic E-state index is 0.00187. The standard InChI is InChI=1S/C22H15ClF7IN10O3/c1-9-5-10(31)6-12(17(42)35-32)15(9)34-19(43)44-14-7-11(37-41(14)16-13(23)3-2-4-33-16)8-40-38-18(36-39-40)20(24,25)21(26,27)22(28,29)30/h2-7H,8,32H2,1H3,(H,34,43)(H,35,42). The number of hydrazine groups is 1. The van der Waals surface area contributed by atoms with E-state index in [1.54, 1.807) is 13.0 Å². The summed E-state index contributed by atoms with van der Waals surface area (Å²) in [6.45, 7) is 0.863. The van der Waals surface area contributed by atoms with Gasteiger partial charge in [-0.15, -0.1) is 10.2 Å². The van der Waals surface area contributed by atoms with Crippen molar-refractivity contribution in [3.8, 4) is 11.7 Å². The number of halogens is 9. The lowest BCUT2D eigenvalue weighted by Crippen LogP contribution is -2.50. The Morgan fingerprint density at radius 3 is 2.45 bits per heavy atom. The van der Waals surface area contributed by atoms with Crippen molar-refractivity contribution in [2.45, 2.75) is 31.5 Å². The summed E-state index contributed by atoms with van der Waals surface area (Å²) in [6, 6.07) is 6.99. The molecule has 4 N–H and O–H groups in total. The van der Waals surface area contributed by atoms with E-state index < -0.39 is 42.4 Å². The highest BCUT2D eigenvalue weighted by Crippen LogP contribution is 2.50. The number of amides is 2. The van der Waals surface area contributed by atoms with Crippen molar-refractivity contribution in [2.24, 2.45) is 5.84 Å². The molecule has 3 heterocycles. The number of rotatable bonds is 8. The van der Waals surface area contributed by atoms with Crippen LogP contribution in [0.2, 0.25) is 5.02 Å². The molecule has 0 aliphatic carbocycles. The molecule has 0 aliphatic heterocycles. The van der Waals surface area contributed by atoms with E-state index in [0.717, 1.165) is 10.7 Å². The minimum atomic E-state index is -6.61. The fourth-order valence-corrected chi connectivity index (χ4v) is 4.51. The number of nitrogens with two attached hydrogens (primary N) is 1. The lowest BCUT2D eigenvalue weighted by molar-refractivity contribution is -0.361. The highest BCUT2D eigenvalue weighted by atomic mass is 127. The highest BCUT2D eigenvalue weighted by Gasteiger charge is 2.75. The number of carbonyl (C=O) groups excluding carboxylic acids is 2. The van der Waals surface area contributed by atoms with Gasteiger partial charge < -0.3 is 4.74 Å². The number of aromatic nitrogens is 7. The third kappa shape index (κ3) is 6.38. The molecule has 4 rings (SSSR count). The highest BCUT2D eigenvalue weighted by molar-refractivity contribution is 14.1. The molecule has 13 nitrogen and oxygen atoms in total. The maximum absolute atomic E-state index is 14.0. The average Bonchev–Trinajstić information content (AvgIpc) is 3.56. The van der Waals surface area contributed by atoms with E-state index >= 15 is 0 Å². The quantitative estimate of drug-likeness (QED) is 0.0777. The molecule has 0 radical (unpaired) electrons. The van der Waals surface area contributed by atoms with Crippen molar-refractivity contribution in [3.63, 3.8) is 0 Å². The number of nitrogens with one attached hydrogen (secondary N) is 2. The first-order valence-corrected chi connectivity index (χ1v) is 13.0. The Bertz CT molecular complexity index is 1730. The van der Waals surface area contributed by atoms with Crippen LogP contribution in [-0.4, -0.2) is 59.1 Å². The van der Waals surface area contributed by atoms with Crippen LogP contribution in [0, 0.1) is 10.5 Å². The molecule has 2 amide bonds. The maximum Gasteiger partial charge on any atom is 0.460 e. The average molecular weight is 763 g/mol. The van der Waals surface area contributed by atoms with Crippen LogP contribution in [0.4, 0.5) is 41.2 Å². The van der Waals surface area contributed by atoms with Crippen LogP contribution in [0.5, 0.6) is 5.88 Å². The molecule has 234 valence electrons. The van der Waals surface area contributed by atoms with Gasteiger partial charge in [0.15, 0.2) is 5.82 Å². The van der Waals surface area contributed by atoms with Gasteiger partial charge >= 0.3 is 24.1 Å². The number of nitrogen functional groups attached to an aromatic ring is 1. The lowest BCUT2D eigenvalue weighted by Gasteiger charge is -2.25. The molecule has 4 aromatic rings. The maximum atomic E-state index is 14.0. The van der Waals surface area contributed by atoms with Crippen molar-refractivity contribution < 1.29 is 45.1 Å². The summed E-state index contributed by atoms with van der Waals surface area (Å²) in [5.74, 6) is -10.5. The molecule has 0 bridgehead atoms. The summed E-state index contributed by atoms with van der Waals surface area (Å²) >= 11 is 8.13. The zero-order valence-electron chi connectivity index (χ0n) is 21.5. The Kier molecular flexibility index (Phi) is 9.02. The SMILES string of the molecule is Cc1cc(I)cc(C(=O)NN)c1NC(=O)Oc1cc(Cn2nnc(C(F)(F)C(F)(F)C(F)(F)F)n2)nn1-c1ncccc1Cl. The number of alkyl halides is 7. The van der Waals surface area contributed by atoms with Crippen LogP contribution in [0.3, 0.4) is 0 Å². The molecule has 1 aromatic carbocycles. The van der Waals surface area contributed by atoms with Crippen LogP contribution in [0.25, 0.3) is 5.82 Å². The number of tetrazole rings is 1. The Morgan fingerprint density at radius 2 is 1.82 bits per heavy atom. The van der Waals surface area contributed by atoms with Gasteiger partial charge in [0.1, 0.15) is 6.54 Å². The normalized spacial score (nSPS) is 12.2. The number of carbonyl (C=O) groups is 2. The molecule has 0 aliphatic rings. The molecule has 0 unspecified atom stereocenters. The fraction of sp³-hybridized carbons (Fsp3) is 0.227. The van der Waals surface area contributed by atoms with Crippen LogP contribution in [0.1, 0.15) is 27.4 Å². The second kappa shape index (κ2) is 12.1. The summed E-state index contributed by atoms with van der Waals surface area (Å²) in [6.07, 6.45) is -6.47. The Labute approximate surface area is 259 Å². The zero-order chi connectivity index (χ0) is 32.6. The van der Waals surface area contributed by atoms with Gasteiger partial charge in [-0.3, -0.25) is 15.5 Å². The van der Waals surface area contributed by atoms with Crippen LogP contribution < -0.4 is 21.3 Å². The topological polar surface area (TPSA) is 168 Å². The van der Waals surface area contributed by atoms with Gasteiger partial charge in [0.25, 0.3) is 11.7 Å². The van der Waals surface area contributed by atoms with E-state index in [-0.39, 0.29) is 38.5 Å². The van der Waals surface area contributed by atoms with Crippen molar-refractivity contribution >= 4 is 51.9 Å². The first kappa shape index (κ1) is 32.8. The van der Waals surface area contributed by atoms with E-state index in [1.165, 1.54) is 24.4 Å². The van der Waals surface area contributed by atoms with Crippen molar-refractivity contribution in [1.82, 2.24) is 40.4 Å². The van der Waals surface area contributed by atoms with E-state index in [0.29, 0.717) is 9.13 Å². The van der Waals surface area contributed by atoms with Crippen molar-refractivity contribution in [2.75, 3.05) is 5.32 Å². The molecule has 0 atom stereocenters. The monoisotopic (exact) mass is 762 g/mol. The van der Waals surface area contributed by atoms with Gasteiger partial charge in [0, 0.05) is 15.8 Å². The molecule has 44 heavy (non-hydrogen) atoms. The summed E-state index contributed by atoms with van der Waals surface area (Å²) < 4.78 is 99.4. The number of hydrogen-bond acceptors (Lipinski definition) is 9. The number of aryl methyl sites for hydroxylation is 1. The summed E-state index contributed by atoms with van der Waals surface area (Å²) in [7, 11) is 0. The largest absolute Gasteiger partial charge is 0.460 e. The molecule has 3 aromatic heterocycles. The molecular weight excluding hydrogens is 748 g/mol. The molecule has 0 saturated carbocycles. The van der Waals surface area contributed by atoms with Gasteiger partial charge in [0.2, 0.25) is 5.88 Å². The zero-order valence-corrected chi connectivity index (χ0v) is 24.4. The summed E-state index contributed by atoms with van der Waals surface area (Å²) in [5, 5.41) is 15.2. The van der Waals surface area contributed by atoms with E-state index in [4.69, 9.17) is 22.2 Å². The number of pyridine rings is 1. The molecule has 0 saturated heterocycles. The van der Waals surface area contributed by atoms with E-state index in [2.05, 4.69) is 30.8 Å². The third-order valence-corrected chi connectivity index (χ3v) is 6.47. The number of ether oxygens (including phenoxy) is 1. The van der Waals surface area contributed by atoms with Gasteiger partial charge in [-0.05, 0) is 64.6 Å². The first-order valence-electron chi connectivity index (χ1n) is 11.6. The van der Waals surface area contributed by atoms with Crippen LogP contribution >= 0.6 is 34.2 Å². The second-order valence-corrected chi connectivity index (χ2v) is 10.3. The van der Waals surface area contributed by atoms with Gasteiger partial charge in [0.05, 0.1) is 22.0 Å². The molecule has 0 spiro atoms. The number of nitrogens with zero attached hydrogens (tertiary/aromatic N) is 7. The third-order valence-electron chi connectivity index (χ3n) is 5.55. The predicted molar refractivity (Wildman–Crippen MR) is 143 cm³/mol. The number of hydrogen-bond donors (Lipinski definition) is 3. The minimum Gasteiger partial charge on any atom is -0.391 e. The molecular formula is C22H15ClF7IN10O3. The van der Waals surface area contributed by atoms with Gasteiger partial charge in [-0.25, -0.2) is 15.6 Å². The molecule has 0 fully saturated rings. The predicted octanol–water partition coefficient (Wildman–Crippen LogP) is 4.37. The summed E-state index contributed by atoms with van der Waals surface area (Å²) in [5.41, 5.74) is 2.25. The lowest BCUT2D eigenvalue weighted by atomic mass is 10.1. The van der Waals surface area contributed by atoms with Crippen molar-refractivity contribution in [1.29, 1.82) is 0 Å². The smallest absolute Gasteiger partial charge is 0.391 e. The van der Waals surface area contributed by atoms with Crippen molar-refractivity contribution in [3.05, 3.63) is 67.8 Å². The Morgan fingerprint density at radius 1 is 1.11 bits per heavy atom. The molecule has 22 heteroatoms. The van der Waals surface area contributed by atoms with Gasteiger partial charge in [-0.1, -0.05) is 11.6 Å². The second-order valence-electron chi connectivity index (χ2n) is 8.62. The van der Waals surface area contributed by atoms with E-state index in [9.17, 15) is 40.3 Å². The van der Waals surface area contributed by atoms with Crippen LogP contribution in [-0.2, 0) is 12.5 Å².